The fourth-order valence-corrected chi connectivity index (χ4v) is 0.175. The Kier molecular flexibility index (Phi) is 28.4. The Morgan fingerprint density at radius 2 is 0.552 bits per heavy atom. The predicted molar refractivity (Wildman–Crippen MR) is 90.1 cm³/mol. The van der Waals surface area contributed by atoms with E-state index in [1.165, 1.54) is 51.5 Å². The summed E-state index contributed by atoms with van der Waals surface area (Å²) in [5.74, 6) is 0.0741. The summed E-state index contributed by atoms with van der Waals surface area (Å²) < 4.78 is 0. The smallest absolute Gasteiger partial charge is 0.342 e. The normalized spacial score (nSPS) is 6.76. The molecule has 0 rings (SSSR count). The van der Waals surface area contributed by atoms with Crippen molar-refractivity contribution in [2.75, 3.05) is 0 Å². The van der Waals surface area contributed by atoms with E-state index in [0.717, 1.165) is 0 Å². The van der Waals surface area contributed by atoms with Crippen molar-refractivity contribution in [3.8, 4) is 0 Å². The Balaban J connectivity index is -0.0000000873. The quantitative estimate of drug-likeness (QED) is 0.187. The molecule has 0 aliphatic rings. The van der Waals surface area contributed by atoms with Crippen LogP contribution in [0.25, 0.3) is 0 Å². The molecule has 0 aromatic heterocycles. The number of hydrogen-bond acceptors (Lipinski definition) is 8. The molecule has 29 heavy (non-hydrogen) atoms. The second kappa shape index (κ2) is 22.6. The molecule has 0 bridgehead atoms. The van der Waals surface area contributed by atoms with Gasteiger partial charge in [0.2, 0.25) is 0 Å². The molecule has 0 saturated carbocycles. The van der Waals surface area contributed by atoms with E-state index in [9.17, 15) is 38.4 Å². The van der Waals surface area contributed by atoms with Crippen molar-refractivity contribution in [1.29, 1.82) is 0 Å². The van der Waals surface area contributed by atoms with Crippen LogP contribution in [-0.4, -0.2) is 68.1 Å². The van der Waals surface area contributed by atoms with Gasteiger partial charge in [0.1, 0.15) is 46.1 Å². The van der Waals surface area contributed by atoms with Crippen molar-refractivity contribution in [1.82, 2.24) is 0 Å². The average molecular weight is 579 g/mol. The molecule has 13 heteroatoms. The van der Waals surface area contributed by atoms with Gasteiger partial charge in [-0.25, -0.2) is 38.4 Å². The topological polar surface area (TPSA) is 217 Å². The molecule has 0 heterocycles. The fraction of sp³-hybridized carbons (Fsp3) is 0.250. The van der Waals surface area contributed by atoms with E-state index in [2.05, 4.69) is 0 Å². The van der Waals surface area contributed by atoms with E-state index in [1.807, 2.05) is 0 Å². The third-order valence-corrected chi connectivity index (χ3v) is 1.90. The minimum absolute atomic E-state index is 0. The van der Waals surface area contributed by atoms with Gasteiger partial charge >= 0.3 is 23.9 Å². The number of carboxylic acid groups (broad SMARTS) is 4. The van der Waals surface area contributed by atoms with E-state index in [4.69, 9.17) is 20.4 Å². The van der Waals surface area contributed by atoms with Gasteiger partial charge in [0.15, 0.2) is 0 Å². The van der Waals surface area contributed by atoms with E-state index >= 15 is 0 Å². The van der Waals surface area contributed by atoms with Crippen LogP contribution in [0.2, 0.25) is 0 Å². The standard InChI is InChI=1S/4C4H4O3.Hf/c4*1-3(2-5)4(6)7;/h4*1H3,(H,6,7);. The van der Waals surface area contributed by atoms with Crippen molar-refractivity contribution in [2.45, 2.75) is 27.7 Å². The van der Waals surface area contributed by atoms with Crippen LogP contribution in [0.1, 0.15) is 27.7 Å². The van der Waals surface area contributed by atoms with Gasteiger partial charge < -0.3 is 20.4 Å². The average Bonchev–Trinajstić information content (AvgIpc) is 2.66. The Bertz CT molecular complexity index is 662. The van der Waals surface area contributed by atoms with Crippen LogP contribution < -0.4 is 0 Å². The van der Waals surface area contributed by atoms with E-state index < -0.39 is 23.9 Å². The summed E-state index contributed by atoms with van der Waals surface area (Å²) in [4.78, 5) is 76.1. The second-order valence-corrected chi connectivity index (χ2v) is 4.13. The Labute approximate surface area is 182 Å². The maximum Gasteiger partial charge on any atom is 0.342 e. The number of aliphatic carboxylic acids is 4. The molecule has 0 radical (unpaired) electrons. The summed E-state index contributed by atoms with van der Waals surface area (Å²) in [5, 5.41) is 31.5. The molecule has 0 atom stereocenters. The van der Waals surface area contributed by atoms with Gasteiger partial charge in [0.25, 0.3) is 0 Å². The van der Waals surface area contributed by atoms with Gasteiger partial charge in [-0.2, -0.15) is 0 Å². The monoisotopic (exact) mass is 580 g/mol. The molecule has 12 nitrogen and oxygen atoms in total. The van der Waals surface area contributed by atoms with Crippen LogP contribution >= 0.6 is 0 Å². The minimum Gasteiger partial charge on any atom is -0.477 e. The molecule has 0 aromatic rings. The fourth-order valence-electron chi connectivity index (χ4n) is 0.175. The third-order valence-electron chi connectivity index (χ3n) is 1.90. The van der Waals surface area contributed by atoms with Crippen molar-refractivity contribution in [3.05, 3.63) is 22.3 Å². The third kappa shape index (κ3) is 29.6. The first-order valence-corrected chi connectivity index (χ1v) is 6.53. The number of rotatable bonds is 4. The number of carboxylic acids is 4. The first-order valence-electron chi connectivity index (χ1n) is 6.53. The SMILES string of the molecule is CC(=C=O)C(=O)O.CC(=C=O)C(=O)O.CC(=C=O)C(=O)O.CC(=C=O)C(=O)O.[Hf]. The molecule has 0 unspecified atom stereocenters. The molecular weight excluding hydrogens is 563 g/mol. The molecule has 0 aliphatic heterocycles. The number of carbonyl (C=O) groups is 4. The molecule has 0 aliphatic carbocycles. The predicted octanol–water partition coefficient (Wildman–Crippen LogP) is -0.607. The maximum atomic E-state index is 9.63. The zero-order valence-electron chi connectivity index (χ0n) is 15.6. The van der Waals surface area contributed by atoms with Gasteiger partial charge in [0.05, 0.1) is 0 Å². The van der Waals surface area contributed by atoms with Crippen molar-refractivity contribution < 1.29 is 84.6 Å². The largest absolute Gasteiger partial charge is 0.477 e. The van der Waals surface area contributed by atoms with Crippen LogP contribution in [0.4, 0.5) is 0 Å². The van der Waals surface area contributed by atoms with E-state index in [-0.39, 0.29) is 48.1 Å². The maximum absolute atomic E-state index is 9.63. The Morgan fingerprint density at radius 1 is 0.448 bits per heavy atom. The van der Waals surface area contributed by atoms with Crippen LogP contribution in [0, 0.1) is 0 Å². The molecular formula is C16H16HfO12. The summed E-state index contributed by atoms with van der Waals surface area (Å²) in [5.41, 5.74) is -1.17. The summed E-state index contributed by atoms with van der Waals surface area (Å²) in [6.07, 6.45) is 0. The van der Waals surface area contributed by atoms with Crippen LogP contribution in [-0.2, 0) is 64.2 Å². The second-order valence-electron chi connectivity index (χ2n) is 4.13. The number of carbonyl (C=O) groups excluding carboxylic acids is 4. The van der Waals surface area contributed by atoms with Gasteiger partial charge in [0, 0.05) is 25.8 Å². The zero-order valence-corrected chi connectivity index (χ0v) is 19.1. The first kappa shape index (κ1) is 36.5. The van der Waals surface area contributed by atoms with Gasteiger partial charge in [-0.15, -0.1) is 0 Å². The van der Waals surface area contributed by atoms with E-state index in [0.29, 0.717) is 0 Å². The van der Waals surface area contributed by atoms with Crippen LogP contribution in [0.5, 0.6) is 0 Å². The number of hydrogen-bond donors (Lipinski definition) is 4. The van der Waals surface area contributed by atoms with Crippen LogP contribution in [0.15, 0.2) is 22.3 Å². The Morgan fingerprint density at radius 3 is 0.552 bits per heavy atom. The molecule has 0 spiro atoms. The van der Waals surface area contributed by atoms with Gasteiger partial charge in [-0.05, 0) is 27.7 Å². The molecule has 0 aromatic carbocycles. The minimum atomic E-state index is -1.21. The van der Waals surface area contributed by atoms with E-state index in [1.54, 1.807) is 0 Å². The van der Waals surface area contributed by atoms with Crippen molar-refractivity contribution >= 4 is 47.6 Å². The molecule has 4 N–H and O–H groups in total. The molecule has 0 saturated heterocycles. The van der Waals surface area contributed by atoms with Gasteiger partial charge in [-0.1, -0.05) is 0 Å². The first-order chi connectivity index (χ1) is 12.7. The Hall–Kier alpha value is -3.45. The van der Waals surface area contributed by atoms with Gasteiger partial charge in [-0.3, -0.25) is 0 Å². The summed E-state index contributed by atoms with van der Waals surface area (Å²) in [6.45, 7) is 4.76. The summed E-state index contributed by atoms with van der Waals surface area (Å²) in [7, 11) is 0. The summed E-state index contributed by atoms with van der Waals surface area (Å²) >= 11 is 0. The summed E-state index contributed by atoms with van der Waals surface area (Å²) in [6, 6.07) is 0. The molecule has 156 valence electrons. The molecule has 0 amide bonds. The van der Waals surface area contributed by atoms with Crippen molar-refractivity contribution in [2.24, 2.45) is 0 Å². The zero-order chi connectivity index (χ0) is 23.4. The van der Waals surface area contributed by atoms with Crippen molar-refractivity contribution in [3.63, 3.8) is 0 Å². The van der Waals surface area contributed by atoms with Crippen LogP contribution in [0.3, 0.4) is 0 Å². The molecule has 0 fully saturated rings.